The van der Waals surface area contributed by atoms with Crippen molar-refractivity contribution in [3.05, 3.63) is 33.8 Å². The Labute approximate surface area is 112 Å². The van der Waals surface area contributed by atoms with E-state index in [1.807, 2.05) is 0 Å². The fourth-order valence-corrected chi connectivity index (χ4v) is 2.17. The van der Waals surface area contributed by atoms with Crippen molar-refractivity contribution in [1.29, 1.82) is 0 Å². The van der Waals surface area contributed by atoms with E-state index in [4.69, 9.17) is 4.74 Å². The van der Waals surface area contributed by atoms with Crippen molar-refractivity contribution in [1.82, 2.24) is 5.32 Å². The van der Waals surface area contributed by atoms with Gasteiger partial charge in [0, 0.05) is 19.5 Å². The summed E-state index contributed by atoms with van der Waals surface area (Å²) in [6.45, 7) is 1.74. The summed E-state index contributed by atoms with van der Waals surface area (Å²) in [5.41, 5.74) is -0.501. The van der Waals surface area contributed by atoms with Crippen LogP contribution in [0, 0.1) is 11.6 Å². The van der Waals surface area contributed by atoms with E-state index in [2.05, 4.69) is 21.2 Å². The average molecular weight is 320 g/mol. The summed E-state index contributed by atoms with van der Waals surface area (Å²) in [5.74, 6) is -2.28. The quantitative estimate of drug-likeness (QED) is 0.686. The number of Topliss-reactive ketones (excluding diaryl/α,β-unsaturated/α-hetero) is 1. The fourth-order valence-electron chi connectivity index (χ4n) is 1.84. The van der Waals surface area contributed by atoms with Crippen molar-refractivity contribution in [3.8, 4) is 0 Å². The van der Waals surface area contributed by atoms with Gasteiger partial charge in [-0.3, -0.25) is 4.79 Å². The second kappa shape index (κ2) is 5.86. The summed E-state index contributed by atoms with van der Waals surface area (Å²) < 4.78 is 32.6. The van der Waals surface area contributed by atoms with Crippen LogP contribution in [0.3, 0.4) is 0 Å². The highest BCUT2D eigenvalue weighted by molar-refractivity contribution is 9.10. The molecule has 1 heterocycles. The van der Waals surface area contributed by atoms with Crippen LogP contribution in [0.25, 0.3) is 0 Å². The standard InChI is InChI=1S/C12H12BrF2NO2/c13-8-1-2-9(14)11(12(8)15)10(17)5-7-6-16-3-4-18-7/h1-2,7,16H,3-6H2. The highest BCUT2D eigenvalue weighted by Crippen LogP contribution is 2.23. The number of rotatable bonds is 3. The van der Waals surface area contributed by atoms with Gasteiger partial charge in [0.2, 0.25) is 0 Å². The highest BCUT2D eigenvalue weighted by atomic mass is 79.9. The van der Waals surface area contributed by atoms with Crippen molar-refractivity contribution >= 4 is 21.7 Å². The first-order valence-electron chi connectivity index (χ1n) is 5.58. The Bertz CT molecular complexity index is 462. The van der Waals surface area contributed by atoms with Crippen molar-refractivity contribution in [2.75, 3.05) is 19.7 Å². The first-order valence-corrected chi connectivity index (χ1v) is 6.38. The van der Waals surface area contributed by atoms with Crippen molar-refractivity contribution < 1.29 is 18.3 Å². The van der Waals surface area contributed by atoms with Gasteiger partial charge < -0.3 is 10.1 Å². The Balaban J connectivity index is 2.15. The van der Waals surface area contributed by atoms with Gasteiger partial charge in [0.1, 0.15) is 5.82 Å². The number of hydrogen-bond acceptors (Lipinski definition) is 3. The molecule has 1 aliphatic rings. The third kappa shape index (κ3) is 2.93. The number of morpholine rings is 1. The molecule has 1 fully saturated rings. The van der Waals surface area contributed by atoms with E-state index in [-0.39, 0.29) is 17.0 Å². The van der Waals surface area contributed by atoms with E-state index < -0.39 is 23.0 Å². The molecule has 6 heteroatoms. The normalized spacial score (nSPS) is 19.8. The molecule has 1 unspecified atom stereocenters. The number of carbonyl (C=O) groups is 1. The van der Waals surface area contributed by atoms with Gasteiger partial charge in [-0.1, -0.05) is 0 Å². The topological polar surface area (TPSA) is 38.3 Å². The smallest absolute Gasteiger partial charge is 0.171 e. The molecular weight excluding hydrogens is 308 g/mol. The third-order valence-corrected chi connectivity index (χ3v) is 3.35. The Morgan fingerprint density at radius 3 is 2.94 bits per heavy atom. The minimum absolute atomic E-state index is 0.0305. The summed E-state index contributed by atoms with van der Waals surface area (Å²) in [6.07, 6.45) is -0.360. The third-order valence-electron chi connectivity index (χ3n) is 2.74. The molecule has 3 nitrogen and oxygen atoms in total. The van der Waals surface area contributed by atoms with Gasteiger partial charge in [-0.15, -0.1) is 0 Å². The maximum atomic E-state index is 13.7. The van der Waals surface area contributed by atoms with Gasteiger partial charge in [-0.25, -0.2) is 8.78 Å². The molecule has 0 aromatic heterocycles. The lowest BCUT2D eigenvalue weighted by Crippen LogP contribution is -2.39. The fraction of sp³-hybridized carbons (Fsp3) is 0.417. The maximum Gasteiger partial charge on any atom is 0.171 e. The number of nitrogens with one attached hydrogen (secondary N) is 1. The van der Waals surface area contributed by atoms with Gasteiger partial charge >= 0.3 is 0 Å². The summed E-state index contributed by atoms with van der Waals surface area (Å²) in [4.78, 5) is 11.9. The molecule has 1 aromatic carbocycles. The van der Waals surface area contributed by atoms with E-state index in [9.17, 15) is 13.6 Å². The van der Waals surface area contributed by atoms with E-state index in [0.29, 0.717) is 13.2 Å². The molecule has 1 aliphatic heterocycles. The second-order valence-electron chi connectivity index (χ2n) is 4.04. The summed E-state index contributed by atoms with van der Waals surface area (Å²) >= 11 is 2.94. The Morgan fingerprint density at radius 2 is 2.28 bits per heavy atom. The van der Waals surface area contributed by atoms with Gasteiger partial charge in [-0.2, -0.15) is 0 Å². The van der Waals surface area contributed by atoms with E-state index >= 15 is 0 Å². The molecule has 1 aromatic rings. The van der Waals surface area contributed by atoms with Gasteiger partial charge in [0.05, 0.1) is 22.7 Å². The second-order valence-corrected chi connectivity index (χ2v) is 4.90. The first-order chi connectivity index (χ1) is 8.59. The number of ketones is 1. The van der Waals surface area contributed by atoms with Crippen LogP contribution in [0.5, 0.6) is 0 Å². The first kappa shape index (κ1) is 13.6. The van der Waals surface area contributed by atoms with Crippen LogP contribution >= 0.6 is 15.9 Å². The molecule has 1 saturated heterocycles. The molecule has 0 aliphatic carbocycles. The number of carbonyl (C=O) groups excluding carboxylic acids is 1. The minimum atomic E-state index is -0.858. The van der Waals surface area contributed by atoms with Crippen LogP contribution in [-0.2, 0) is 4.74 Å². The molecule has 2 rings (SSSR count). The largest absolute Gasteiger partial charge is 0.375 e. The van der Waals surface area contributed by atoms with Crippen LogP contribution in [0.1, 0.15) is 16.8 Å². The lowest BCUT2D eigenvalue weighted by atomic mass is 10.0. The van der Waals surface area contributed by atoms with Crippen molar-refractivity contribution in [3.63, 3.8) is 0 Å². The van der Waals surface area contributed by atoms with E-state index in [0.717, 1.165) is 12.6 Å². The SMILES string of the molecule is O=C(CC1CNCCO1)c1c(F)ccc(Br)c1F. The van der Waals surface area contributed by atoms with Crippen molar-refractivity contribution in [2.45, 2.75) is 12.5 Å². The lowest BCUT2D eigenvalue weighted by Gasteiger charge is -2.23. The zero-order valence-corrected chi connectivity index (χ0v) is 11.1. The lowest BCUT2D eigenvalue weighted by molar-refractivity contribution is 0.0238. The van der Waals surface area contributed by atoms with E-state index in [1.165, 1.54) is 6.07 Å². The summed E-state index contributed by atoms with van der Waals surface area (Å²) in [7, 11) is 0. The predicted octanol–water partition coefficient (Wildman–Crippen LogP) is 2.29. The maximum absolute atomic E-state index is 13.7. The van der Waals surface area contributed by atoms with Crippen LogP contribution < -0.4 is 5.32 Å². The van der Waals surface area contributed by atoms with Gasteiger partial charge in [-0.05, 0) is 28.1 Å². The number of halogens is 3. The zero-order chi connectivity index (χ0) is 13.1. The molecule has 0 radical (unpaired) electrons. The van der Waals surface area contributed by atoms with Crippen LogP contribution in [0.2, 0.25) is 0 Å². The number of ether oxygens (including phenoxy) is 1. The van der Waals surface area contributed by atoms with Gasteiger partial charge in [0.15, 0.2) is 11.6 Å². The zero-order valence-electron chi connectivity index (χ0n) is 9.51. The predicted molar refractivity (Wildman–Crippen MR) is 65.6 cm³/mol. The monoisotopic (exact) mass is 319 g/mol. The Morgan fingerprint density at radius 1 is 1.50 bits per heavy atom. The summed E-state index contributed by atoms with van der Waals surface area (Å²) in [5, 5.41) is 3.06. The minimum Gasteiger partial charge on any atom is -0.375 e. The van der Waals surface area contributed by atoms with Crippen LogP contribution in [0.4, 0.5) is 8.78 Å². The van der Waals surface area contributed by atoms with Crippen molar-refractivity contribution in [2.24, 2.45) is 0 Å². The molecule has 18 heavy (non-hydrogen) atoms. The molecule has 1 atom stereocenters. The molecular formula is C12H12BrF2NO2. The average Bonchev–Trinajstić information content (AvgIpc) is 2.36. The molecule has 1 N–H and O–H groups in total. The van der Waals surface area contributed by atoms with Gasteiger partial charge in [0.25, 0.3) is 0 Å². The summed E-state index contributed by atoms with van der Waals surface area (Å²) in [6, 6.07) is 2.31. The molecule has 98 valence electrons. The number of hydrogen-bond donors (Lipinski definition) is 1. The molecule has 0 spiro atoms. The van der Waals surface area contributed by atoms with E-state index in [1.54, 1.807) is 0 Å². The molecule has 0 amide bonds. The Hall–Kier alpha value is -0.850. The Kier molecular flexibility index (Phi) is 4.42. The molecule has 0 saturated carbocycles. The number of benzene rings is 1. The van der Waals surface area contributed by atoms with Crippen LogP contribution in [-0.4, -0.2) is 31.6 Å². The van der Waals surface area contributed by atoms with Crippen LogP contribution in [0.15, 0.2) is 16.6 Å². The molecule has 0 bridgehead atoms. The highest BCUT2D eigenvalue weighted by Gasteiger charge is 2.24.